The Morgan fingerprint density at radius 2 is 1.84 bits per heavy atom. The minimum absolute atomic E-state index is 0.0177. The fraction of sp³-hybridized carbons (Fsp3) is 0.423. The molecule has 0 spiro atoms. The molecule has 0 aromatic heterocycles. The molecule has 2 bridgehead atoms. The van der Waals surface area contributed by atoms with E-state index in [9.17, 15) is 4.79 Å². The van der Waals surface area contributed by atoms with Gasteiger partial charge >= 0.3 is 6.09 Å². The lowest BCUT2D eigenvalue weighted by atomic mass is 9.56. The molecule has 1 amide bonds. The van der Waals surface area contributed by atoms with E-state index in [1.54, 1.807) is 7.11 Å². The topological polar surface area (TPSA) is 56.8 Å². The van der Waals surface area contributed by atoms with Gasteiger partial charge in [0.1, 0.15) is 12.4 Å². The summed E-state index contributed by atoms with van der Waals surface area (Å²) in [5.74, 6) is 1.63. The maximum atomic E-state index is 12.4. The molecular formula is C26H31NO4. The molecule has 31 heavy (non-hydrogen) atoms. The summed E-state index contributed by atoms with van der Waals surface area (Å²) in [4.78, 5) is 12.4. The van der Waals surface area contributed by atoms with Crippen LogP contribution in [0.5, 0.6) is 5.75 Å². The Labute approximate surface area is 184 Å². The molecule has 2 aromatic carbocycles. The molecule has 2 aromatic rings. The lowest BCUT2D eigenvalue weighted by molar-refractivity contribution is -0.165. The number of anilines is 1. The van der Waals surface area contributed by atoms with E-state index in [-0.39, 0.29) is 23.4 Å². The Kier molecular flexibility index (Phi) is 6.05. The lowest BCUT2D eigenvalue weighted by Gasteiger charge is -2.55. The molecule has 1 fully saturated rings. The van der Waals surface area contributed by atoms with E-state index in [0.29, 0.717) is 19.1 Å². The molecule has 1 N–H and O–H groups in total. The maximum Gasteiger partial charge on any atom is 0.411 e. The number of allylic oxidation sites excluding steroid dienone is 1. The summed E-state index contributed by atoms with van der Waals surface area (Å²) in [6.07, 6.45) is 1.89. The van der Waals surface area contributed by atoms with E-state index in [2.05, 4.69) is 44.3 Å². The molecular weight excluding hydrogens is 390 g/mol. The Balaban J connectivity index is 1.51. The molecule has 5 nitrogen and oxygen atoms in total. The van der Waals surface area contributed by atoms with Crippen LogP contribution in [0.1, 0.15) is 32.4 Å². The summed E-state index contributed by atoms with van der Waals surface area (Å²) >= 11 is 0. The summed E-state index contributed by atoms with van der Waals surface area (Å²) in [6, 6.07) is 17.5. The zero-order chi connectivity index (χ0) is 22.0. The summed E-state index contributed by atoms with van der Waals surface area (Å²) < 4.78 is 17.5. The number of para-hydroxylation sites is 1. The molecule has 164 valence electrons. The van der Waals surface area contributed by atoms with Crippen molar-refractivity contribution in [3.8, 4) is 5.75 Å². The van der Waals surface area contributed by atoms with Gasteiger partial charge in [-0.25, -0.2) is 4.79 Å². The van der Waals surface area contributed by atoms with E-state index < -0.39 is 6.09 Å². The molecule has 0 unspecified atom stereocenters. The largest absolute Gasteiger partial charge is 0.497 e. The predicted octanol–water partition coefficient (Wildman–Crippen LogP) is 5.85. The van der Waals surface area contributed by atoms with Gasteiger partial charge in [-0.15, -0.1) is 0 Å². The van der Waals surface area contributed by atoms with Crippen molar-refractivity contribution >= 4 is 11.8 Å². The first-order valence-electron chi connectivity index (χ1n) is 10.9. The highest BCUT2D eigenvalue weighted by molar-refractivity contribution is 5.84. The Hall–Kier alpha value is -2.79. The van der Waals surface area contributed by atoms with Crippen LogP contribution in [0.15, 0.2) is 66.2 Å². The second-order valence-corrected chi connectivity index (χ2v) is 8.82. The molecule has 0 radical (unpaired) electrons. The van der Waals surface area contributed by atoms with Crippen molar-refractivity contribution in [3.63, 3.8) is 0 Å². The average molecular weight is 422 g/mol. The molecule has 1 heterocycles. The third kappa shape index (κ3) is 4.07. The van der Waals surface area contributed by atoms with Crippen LogP contribution in [-0.2, 0) is 9.47 Å². The number of hydrogen-bond donors (Lipinski definition) is 1. The first-order chi connectivity index (χ1) is 14.9. The van der Waals surface area contributed by atoms with Crippen LogP contribution in [-0.4, -0.2) is 26.4 Å². The number of hydrogen-bond acceptors (Lipinski definition) is 4. The number of nitrogens with one attached hydrogen (secondary N) is 1. The van der Waals surface area contributed by atoms with Gasteiger partial charge in [0.25, 0.3) is 0 Å². The van der Waals surface area contributed by atoms with Gasteiger partial charge in [0.2, 0.25) is 0 Å². The van der Waals surface area contributed by atoms with Gasteiger partial charge < -0.3 is 14.2 Å². The first kappa shape index (κ1) is 21.4. The highest BCUT2D eigenvalue weighted by atomic mass is 16.6. The Morgan fingerprint density at radius 1 is 1.13 bits per heavy atom. The molecule has 5 atom stereocenters. The third-order valence-corrected chi connectivity index (χ3v) is 7.19. The van der Waals surface area contributed by atoms with E-state index >= 15 is 0 Å². The average Bonchev–Trinajstić information content (AvgIpc) is 2.77. The van der Waals surface area contributed by atoms with Gasteiger partial charge in [0.05, 0.1) is 19.8 Å². The highest BCUT2D eigenvalue weighted by Crippen LogP contribution is 2.56. The normalized spacial score (nSPS) is 29.6. The standard InChI is InChI=1S/C26H31NO4/c1-17-14-18(2)26(16-31-25(28)27-21-8-6-5-7-9-21)15-30-24(23(17)19(26)3)20-10-12-22(29-4)13-11-20/h5-14,18-19,23-24H,15-16H2,1-4H3,(H,27,28)/t18-,19-,23+,24+,26-/m1/s1. The van der Waals surface area contributed by atoms with Gasteiger partial charge in [-0.1, -0.05) is 55.8 Å². The van der Waals surface area contributed by atoms with Gasteiger partial charge in [-0.2, -0.15) is 0 Å². The molecule has 1 saturated heterocycles. The van der Waals surface area contributed by atoms with Crippen molar-refractivity contribution in [1.82, 2.24) is 0 Å². The summed E-state index contributed by atoms with van der Waals surface area (Å²) in [5.41, 5.74) is 2.96. The van der Waals surface area contributed by atoms with E-state index in [4.69, 9.17) is 14.2 Å². The van der Waals surface area contributed by atoms with Gasteiger partial charge in [0.15, 0.2) is 0 Å². The monoisotopic (exact) mass is 421 g/mol. The first-order valence-corrected chi connectivity index (χ1v) is 10.9. The van der Waals surface area contributed by atoms with Crippen LogP contribution in [0.3, 0.4) is 0 Å². The SMILES string of the molecule is COc1ccc([C@@H]2OC[C@@]3(COC(=O)Nc4ccccc4)[C@H](C)C=C(C)[C@H]2[C@H]3C)cc1. The van der Waals surface area contributed by atoms with Crippen molar-refractivity contribution in [2.75, 3.05) is 25.6 Å². The fourth-order valence-corrected chi connectivity index (χ4v) is 5.23. The van der Waals surface area contributed by atoms with Crippen LogP contribution in [0.25, 0.3) is 0 Å². The summed E-state index contributed by atoms with van der Waals surface area (Å²) in [7, 11) is 1.67. The molecule has 0 saturated carbocycles. The van der Waals surface area contributed by atoms with Crippen LogP contribution in [0.2, 0.25) is 0 Å². The number of fused-ring (bicyclic) bond motifs is 2. The van der Waals surface area contributed by atoms with Crippen molar-refractivity contribution in [1.29, 1.82) is 0 Å². The molecule has 5 heteroatoms. The summed E-state index contributed by atoms with van der Waals surface area (Å²) in [6.45, 7) is 7.53. The number of benzene rings is 2. The molecule has 1 aliphatic heterocycles. The van der Waals surface area contributed by atoms with E-state index in [1.165, 1.54) is 5.57 Å². The second-order valence-electron chi connectivity index (χ2n) is 8.82. The zero-order valence-corrected chi connectivity index (χ0v) is 18.6. The Morgan fingerprint density at radius 3 is 2.52 bits per heavy atom. The highest BCUT2D eigenvalue weighted by Gasteiger charge is 2.54. The smallest absolute Gasteiger partial charge is 0.411 e. The molecule has 1 aliphatic carbocycles. The zero-order valence-electron chi connectivity index (χ0n) is 18.6. The van der Waals surface area contributed by atoms with Crippen LogP contribution >= 0.6 is 0 Å². The predicted molar refractivity (Wildman–Crippen MR) is 121 cm³/mol. The van der Waals surface area contributed by atoms with Crippen LogP contribution in [0.4, 0.5) is 10.5 Å². The van der Waals surface area contributed by atoms with Crippen molar-refractivity contribution in [2.24, 2.45) is 23.2 Å². The summed E-state index contributed by atoms with van der Waals surface area (Å²) in [5, 5.41) is 2.81. The second kappa shape index (κ2) is 8.75. The van der Waals surface area contributed by atoms with Gasteiger partial charge in [-0.3, -0.25) is 5.32 Å². The van der Waals surface area contributed by atoms with Crippen molar-refractivity contribution in [3.05, 3.63) is 71.8 Å². The number of carbonyl (C=O) groups excluding carboxylic acids is 1. The van der Waals surface area contributed by atoms with Crippen LogP contribution in [0, 0.1) is 23.2 Å². The van der Waals surface area contributed by atoms with Crippen LogP contribution < -0.4 is 10.1 Å². The fourth-order valence-electron chi connectivity index (χ4n) is 5.23. The van der Waals surface area contributed by atoms with Crippen molar-refractivity contribution in [2.45, 2.75) is 26.9 Å². The van der Waals surface area contributed by atoms with Gasteiger partial charge in [-0.05, 0) is 48.6 Å². The minimum atomic E-state index is -0.430. The lowest BCUT2D eigenvalue weighted by Crippen LogP contribution is -2.54. The molecule has 2 aliphatic rings. The maximum absolute atomic E-state index is 12.4. The molecule has 4 rings (SSSR count). The van der Waals surface area contributed by atoms with E-state index in [0.717, 1.165) is 17.0 Å². The number of rotatable bonds is 5. The number of amides is 1. The number of methoxy groups -OCH3 is 1. The number of carbonyl (C=O) groups is 1. The quantitative estimate of drug-likeness (QED) is 0.615. The van der Waals surface area contributed by atoms with Crippen molar-refractivity contribution < 1.29 is 19.0 Å². The third-order valence-electron chi connectivity index (χ3n) is 7.19. The minimum Gasteiger partial charge on any atom is -0.497 e. The Bertz CT molecular complexity index is 940. The van der Waals surface area contributed by atoms with Gasteiger partial charge in [0, 0.05) is 17.0 Å². The van der Waals surface area contributed by atoms with E-state index in [1.807, 2.05) is 42.5 Å². The number of ether oxygens (including phenoxy) is 3.